The summed E-state index contributed by atoms with van der Waals surface area (Å²) < 4.78 is 0.987. The van der Waals surface area contributed by atoms with Crippen LogP contribution in [0.25, 0.3) is 10.2 Å². The van der Waals surface area contributed by atoms with E-state index in [0.717, 1.165) is 23.1 Å². The molecule has 0 N–H and O–H groups in total. The Bertz CT molecular complexity index is 641. The van der Waals surface area contributed by atoms with E-state index >= 15 is 0 Å². The first kappa shape index (κ1) is 19.4. The number of rotatable bonds is 7. The zero-order valence-electron chi connectivity index (χ0n) is 12.0. The second-order valence-corrected chi connectivity index (χ2v) is 6.87. The third-order valence-electron chi connectivity index (χ3n) is 3.50. The number of carbonyl (C=O) groups is 2. The minimum atomic E-state index is -1.03. The average Bonchev–Trinajstić information content (AvgIpc) is 2.86. The molecular weight excluding hydrogens is 381 g/mol. The molecule has 0 saturated heterocycles. The summed E-state index contributed by atoms with van der Waals surface area (Å²) in [5.74, 6) is 0. The minimum Gasteiger partial charge on any atom is -0.742 e. The van der Waals surface area contributed by atoms with Crippen molar-refractivity contribution < 1.29 is 26.4 Å². The number of unbranched alkanes of at least 4 members (excludes halogenated alkanes) is 1. The fraction of sp³-hybridized carbons (Fsp3) is 0.400. The van der Waals surface area contributed by atoms with Gasteiger partial charge in [0.15, 0.2) is 0 Å². The van der Waals surface area contributed by atoms with Crippen LogP contribution in [0.4, 0.5) is 0 Å². The molecule has 0 fully saturated rings. The fourth-order valence-electron chi connectivity index (χ4n) is 2.33. The van der Waals surface area contributed by atoms with E-state index in [-0.39, 0.29) is 23.2 Å². The monoisotopic (exact) mass is 396 g/mol. The molecule has 119 valence electrons. The maximum absolute atomic E-state index is 12.2. The Morgan fingerprint density at radius 1 is 1.27 bits per heavy atom. The molecule has 0 aliphatic heterocycles. The standard InChI is InChI=1S/C15H17NO2S3.Co/c1-2-3-8-15(14(18)20,9-12(17)19)13-16-10-6-4-5-7-11(10)21-13;/h4-7H,2-3,8-9H2,1H3,(H,17,19)(H,18,20);/q;+2/p-2. The summed E-state index contributed by atoms with van der Waals surface area (Å²) in [5.41, 5.74) is -0.208. The van der Waals surface area contributed by atoms with Gasteiger partial charge in [-0.2, -0.15) is 0 Å². The summed E-state index contributed by atoms with van der Waals surface area (Å²) in [6.45, 7) is 2.03. The van der Waals surface area contributed by atoms with Gasteiger partial charge in [-0.05, 0) is 18.6 Å². The maximum atomic E-state index is 12.2. The number of benzene rings is 1. The predicted octanol–water partition coefficient (Wildman–Crippen LogP) is 3.26. The van der Waals surface area contributed by atoms with E-state index in [1.165, 1.54) is 11.3 Å². The summed E-state index contributed by atoms with van der Waals surface area (Å²) >= 11 is 11.1. The summed E-state index contributed by atoms with van der Waals surface area (Å²) in [4.78, 5) is 28.2. The third-order valence-corrected chi connectivity index (χ3v) is 5.27. The Morgan fingerprint density at radius 2 is 1.95 bits per heavy atom. The van der Waals surface area contributed by atoms with E-state index in [0.29, 0.717) is 11.4 Å². The summed E-state index contributed by atoms with van der Waals surface area (Å²) in [5, 5.41) is -0.257. The molecule has 3 nitrogen and oxygen atoms in total. The van der Waals surface area contributed by atoms with Crippen molar-refractivity contribution in [3.63, 3.8) is 0 Å². The maximum Gasteiger partial charge on any atom is 2.00 e. The van der Waals surface area contributed by atoms with Gasteiger partial charge >= 0.3 is 16.8 Å². The molecular formula is C15H15CoNO2S3. The number of nitrogens with zero attached hydrogens (tertiary/aromatic N) is 1. The van der Waals surface area contributed by atoms with Crippen molar-refractivity contribution in [2.45, 2.75) is 38.0 Å². The number of carbonyl (C=O) groups excluding carboxylic acids is 2. The van der Waals surface area contributed by atoms with Crippen molar-refractivity contribution in [1.29, 1.82) is 0 Å². The molecule has 0 aliphatic carbocycles. The van der Waals surface area contributed by atoms with Gasteiger partial charge in [-0.3, -0.25) is 0 Å². The van der Waals surface area contributed by atoms with Crippen LogP contribution in [0, 0.1) is 0 Å². The molecule has 1 heterocycles. The SMILES string of the molecule is CCCCC(CC(=O)[S-])(C(=O)[S-])c1nc2ccccc2s1.[Co+2]. The van der Waals surface area contributed by atoms with Gasteiger partial charge in [-0.15, -0.1) is 11.3 Å². The Morgan fingerprint density at radius 3 is 2.50 bits per heavy atom. The van der Waals surface area contributed by atoms with E-state index < -0.39 is 15.6 Å². The molecule has 1 radical (unpaired) electrons. The zero-order valence-corrected chi connectivity index (χ0v) is 15.5. The molecule has 2 rings (SSSR count). The molecule has 0 saturated carbocycles. The molecule has 0 spiro atoms. The number of hydrogen-bond donors (Lipinski definition) is 0. The Balaban J connectivity index is 0.00000242. The van der Waals surface area contributed by atoms with Gasteiger partial charge in [-0.25, -0.2) is 4.98 Å². The van der Waals surface area contributed by atoms with E-state index in [2.05, 4.69) is 4.98 Å². The van der Waals surface area contributed by atoms with Crippen molar-refractivity contribution in [2.75, 3.05) is 0 Å². The molecule has 2 aromatic rings. The van der Waals surface area contributed by atoms with Crippen molar-refractivity contribution >= 4 is 57.0 Å². The third kappa shape index (κ3) is 4.02. The molecule has 0 bridgehead atoms. The molecule has 1 unspecified atom stereocenters. The number of aromatic nitrogens is 1. The van der Waals surface area contributed by atoms with Crippen LogP contribution in [0.2, 0.25) is 0 Å². The average molecular weight is 396 g/mol. The molecule has 7 heteroatoms. The molecule has 1 atom stereocenters. The van der Waals surface area contributed by atoms with E-state index in [1.807, 2.05) is 31.2 Å². The molecule has 0 amide bonds. The van der Waals surface area contributed by atoms with Gasteiger partial charge < -0.3 is 34.8 Å². The van der Waals surface area contributed by atoms with Crippen LogP contribution in [-0.4, -0.2) is 15.2 Å². The Hall–Kier alpha value is -0.604. The van der Waals surface area contributed by atoms with E-state index in [4.69, 9.17) is 25.3 Å². The molecule has 1 aromatic carbocycles. The second-order valence-electron chi connectivity index (χ2n) is 5.01. The Kier molecular flexibility index (Phi) is 7.34. The van der Waals surface area contributed by atoms with Gasteiger partial charge in [0.25, 0.3) is 0 Å². The topological polar surface area (TPSA) is 47.0 Å². The zero-order chi connectivity index (χ0) is 15.5. The van der Waals surface area contributed by atoms with Gasteiger partial charge in [0.05, 0.1) is 15.6 Å². The first-order chi connectivity index (χ1) is 9.99. The quantitative estimate of drug-likeness (QED) is 0.673. The predicted molar refractivity (Wildman–Crippen MR) is 90.2 cm³/mol. The van der Waals surface area contributed by atoms with Gasteiger partial charge in [0.2, 0.25) is 0 Å². The van der Waals surface area contributed by atoms with Gasteiger partial charge in [-0.1, -0.05) is 31.9 Å². The fourth-order valence-corrected chi connectivity index (χ4v) is 4.10. The number of hydrogen-bond acceptors (Lipinski definition) is 6. The normalized spacial score (nSPS) is 13.3. The van der Waals surface area contributed by atoms with E-state index in [9.17, 15) is 9.59 Å². The van der Waals surface area contributed by atoms with Gasteiger partial charge in [0, 0.05) is 16.7 Å². The first-order valence-corrected chi connectivity index (χ1v) is 8.40. The Labute approximate surface area is 155 Å². The van der Waals surface area contributed by atoms with Crippen LogP contribution in [0.15, 0.2) is 24.3 Å². The van der Waals surface area contributed by atoms with E-state index in [1.54, 1.807) is 0 Å². The smallest absolute Gasteiger partial charge is 0.742 e. The van der Waals surface area contributed by atoms with Crippen LogP contribution in [0.5, 0.6) is 0 Å². The number of thiazole rings is 1. The molecule has 22 heavy (non-hydrogen) atoms. The minimum absolute atomic E-state index is 0. The largest absolute Gasteiger partial charge is 2.00 e. The van der Waals surface area contributed by atoms with Crippen molar-refractivity contribution in [1.82, 2.24) is 4.98 Å². The van der Waals surface area contributed by atoms with Crippen molar-refractivity contribution in [3.05, 3.63) is 29.3 Å². The molecule has 0 aliphatic rings. The van der Waals surface area contributed by atoms with Crippen LogP contribution < -0.4 is 0 Å². The molecule has 1 aromatic heterocycles. The van der Waals surface area contributed by atoms with Crippen LogP contribution in [0.1, 0.15) is 37.6 Å². The van der Waals surface area contributed by atoms with Crippen molar-refractivity contribution in [2.24, 2.45) is 0 Å². The van der Waals surface area contributed by atoms with Crippen LogP contribution in [-0.2, 0) is 57.0 Å². The summed E-state index contributed by atoms with van der Waals surface area (Å²) in [6, 6.07) is 7.66. The number of fused-ring (bicyclic) bond motifs is 1. The van der Waals surface area contributed by atoms with Crippen LogP contribution in [0.3, 0.4) is 0 Å². The first-order valence-electron chi connectivity index (χ1n) is 6.77. The van der Waals surface area contributed by atoms with Crippen LogP contribution >= 0.6 is 11.3 Å². The second kappa shape index (κ2) is 8.31. The van der Waals surface area contributed by atoms with Gasteiger partial charge in [0.1, 0.15) is 5.01 Å². The summed E-state index contributed by atoms with van der Waals surface area (Å²) in [7, 11) is 0. The number of para-hydroxylation sites is 1. The van der Waals surface area contributed by atoms with Crippen molar-refractivity contribution in [3.8, 4) is 0 Å². The summed E-state index contributed by atoms with van der Waals surface area (Å²) in [6.07, 6.45) is 2.21.